The van der Waals surface area contributed by atoms with E-state index in [1.54, 1.807) is 39.8 Å². The predicted octanol–water partition coefficient (Wildman–Crippen LogP) is 2.89. The molecule has 1 aromatic heterocycles. The number of ether oxygens (including phenoxy) is 2. The summed E-state index contributed by atoms with van der Waals surface area (Å²) in [6, 6.07) is 7.99. The van der Waals surface area contributed by atoms with Crippen molar-refractivity contribution in [2.75, 3.05) is 38.2 Å². The maximum atomic E-state index is 13.1. The molecule has 1 aromatic carbocycles. The van der Waals surface area contributed by atoms with Crippen LogP contribution in [0.2, 0.25) is 0 Å². The molecule has 1 spiro atoms. The molecule has 6 rings (SSSR count). The summed E-state index contributed by atoms with van der Waals surface area (Å²) in [5.41, 5.74) is 9.91. The lowest BCUT2D eigenvalue weighted by Gasteiger charge is -2.34. The molecule has 192 valence electrons. The molecule has 4 aliphatic rings. The van der Waals surface area contributed by atoms with Gasteiger partial charge >= 0.3 is 0 Å². The Morgan fingerprint density at radius 1 is 1.14 bits per heavy atom. The maximum Gasteiger partial charge on any atom is 0.235 e. The number of methoxy groups -OCH3 is 2. The van der Waals surface area contributed by atoms with E-state index in [2.05, 4.69) is 26.5 Å². The molecule has 2 aliphatic carbocycles. The summed E-state index contributed by atoms with van der Waals surface area (Å²) in [5, 5.41) is 6.66. The van der Waals surface area contributed by atoms with E-state index in [9.17, 15) is 9.36 Å². The topological polar surface area (TPSA) is 114 Å². The van der Waals surface area contributed by atoms with Crippen LogP contribution in [0.3, 0.4) is 0 Å². The van der Waals surface area contributed by atoms with E-state index in [1.165, 1.54) is 0 Å². The maximum absolute atomic E-state index is 13.1. The lowest BCUT2D eigenvalue weighted by atomic mass is 9.74. The van der Waals surface area contributed by atoms with Crippen molar-refractivity contribution in [3.8, 4) is 11.5 Å². The Kier molecular flexibility index (Phi) is 5.59. The molecule has 4 unspecified atom stereocenters. The number of fused-ring (bicyclic) bond motifs is 3. The van der Waals surface area contributed by atoms with Gasteiger partial charge in [-0.1, -0.05) is 0 Å². The number of hydrazine groups is 1. The molecule has 2 aromatic rings. The number of hydrogen-bond donors (Lipinski definition) is 4. The van der Waals surface area contributed by atoms with E-state index in [4.69, 9.17) is 9.47 Å². The average Bonchev–Trinajstić information content (AvgIpc) is 3.42. The van der Waals surface area contributed by atoms with Gasteiger partial charge in [0.25, 0.3) is 0 Å². The Morgan fingerprint density at radius 3 is 2.72 bits per heavy atom. The second kappa shape index (κ2) is 8.47. The minimum Gasteiger partial charge on any atom is -0.497 e. The summed E-state index contributed by atoms with van der Waals surface area (Å²) in [7, 11) is 0.813. The summed E-state index contributed by atoms with van der Waals surface area (Å²) in [5.74, 6) is 2.82. The molecule has 3 heterocycles. The zero-order valence-corrected chi connectivity index (χ0v) is 22.0. The van der Waals surface area contributed by atoms with Crippen molar-refractivity contribution in [1.29, 1.82) is 0 Å². The van der Waals surface area contributed by atoms with Gasteiger partial charge in [0.1, 0.15) is 24.1 Å². The Bertz CT molecular complexity index is 1260. The molecule has 2 saturated carbocycles. The molecule has 0 radical (unpaired) electrons. The lowest BCUT2D eigenvalue weighted by Crippen LogP contribution is -2.39. The first-order chi connectivity index (χ1) is 17.2. The van der Waals surface area contributed by atoms with Gasteiger partial charge < -0.3 is 24.7 Å². The molecule has 0 bridgehead atoms. The van der Waals surface area contributed by atoms with Crippen LogP contribution in [-0.4, -0.2) is 50.6 Å². The molecular formula is C26H34N5O4P. The minimum atomic E-state index is -2.47. The van der Waals surface area contributed by atoms with E-state index in [0.29, 0.717) is 35.0 Å². The molecule has 4 N–H and O–H groups in total. The van der Waals surface area contributed by atoms with Crippen LogP contribution in [0.5, 0.6) is 11.5 Å². The SMILES string of the molecule is COc1ccc2c(c1)[C@]1(C[C@H]1C1CCC3C(C1)NNC3Nc1cnc(P(C)(C)=O)cc1OC)C(=O)N2. The third-order valence-electron chi connectivity index (χ3n) is 8.68. The van der Waals surface area contributed by atoms with Gasteiger partial charge in [-0.15, -0.1) is 0 Å². The molecule has 3 fully saturated rings. The molecule has 9 nitrogen and oxygen atoms in total. The smallest absolute Gasteiger partial charge is 0.235 e. The zero-order chi connectivity index (χ0) is 25.2. The molecule has 2 aliphatic heterocycles. The van der Waals surface area contributed by atoms with Crippen LogP contribution in [0.1, 0.15) is 31.2 Å². The van der Waals surface area contributed by atoms with Crippen LogP contribution in [-0.2, 0) is 14.8 Å². The number of nitrogens with zero attached hydrogens (tertiary/aromatic N) is 1. The highest BCUT2D eigenvalue weighted by atomic mass is 31.2. The number of nitrogens with one attached hydrogen (secondary N) is 4. The molecule has 6 atom stereocenters. The highest BCUT2D eigenvalue weighted by molar-refractivity contribution is 7.69. The van der Waals surface area contributed by atoms with E-state index in [-0.39, 0.29) is 12.1 Å². The van der Waals surface area contributed by atoms with Gasteiger partial charge in [0, 0.05) is 23.7 Å². The third-order valence-corrected chi connectivity index (χ3v) is 10.0. The second-order valence-corrected chi connectivity index (χ2v) is 14.2. The molecule has 1 saturated heterocycles. The monoisotopic (exact) mass is 511 g/mol. The standard InChI is InChI=1S/C26H34N5O4P/c1-34-15-6-8-19-17(10-15)26(25(32)29-19)12-18(26)14-5-7-16-20(9-14)30-31-24(16)28-21-13-27-23(36(3,4)33)11-22(21)35-2/h6,8,10-11,13-14,16,18,20,24,28,30-31H,5,7,9,12H2,1-4H3,(H,29,32)/t14?,16?,18-,20?,24?,26-/m0/s1. The van der Waals surface area contributed by atoms with Crippen LogP contribution in [0.4, 0.5) is 11.4 Å². The first-order valence-corrected chi connectivity index (χ1v) is 15.2. The van der Waals surface area contributed by atoms with Gasteiger partial charge in [-0.25, -0.2) is 5.43 Å². The van der Waals surface area contributed by atoms with Gasteiger partial charge in [-0.05, 0) is 74.6 Å². The number of hydrogen-bond acceptors (Lipinski definition) is 8. The first-order valence-electron chi connectivity index (χ1n) is 12.6. The van der Waals surface area contributed by atoms with E-state index < -0.39 is 12.6 Å². The van der Waals surface area contributed by atoms with Gasteiger partial charge in [0.05, 0.1) is 37.7 Å². The lowest BCUT2D eigenvalue weighted by molar-refractivity contribution is -0.118. The van der Waals surface area contributed by atoms with Crippen LogP contribution < -0.4 is 36.4 Å². The Morgan fingerprint density at radius 2 is 1.97 bits per heavy atom. The number of amides is 1. The largest absolute Gasteiger partial charge is 0.497 e. The van der Waals surface area contributed by atoms with E-state index in [1.807, 2.05) is 18.2 Å². The number of carbonyl (C=O) groups excluding carboxylic acids is 1. The van der Waals surface area contributed by atoms with Crippen molar-refractivity contribution >= 4 is 29.9 Å². The number of aromatic nitrogens is 1. The summed E-state index contributed by atoms with van der Waals surface area (Å²) in [6.45, 7) is 3.42. The van der Waals surface area contributed by atoms with Crippen LogP contribution in [0.15, 0.2) is 30.5 Å². The number of carbonyl (C=O) groups is 1. The summed E-state index contributed by atoms with van der Waals surface area (Å²) < 4.78 is 23.5. The van der Waals surface area contributed by atoms with Crippen LogP contribution >= 0.6 is 7.14 Å². The van der Waals surface area contributed by atoms with Crippen molar-refractivity contribution in [3.63, 3.8) is 0 Å². The van der Waals surface area contributed by atoms with Crippen molar-refractivity contribution in [3.05, 3.63) is 36.0 Å². The predicted molar refractivity (Wildman–Crippen MR) is 140 cm³/mol. The Hall–Kier alpha value is -2.61. The van der Waals surface area contributed by atoms with Crippen molar-refractivity contribution in [2.45, 2.75) is 43.3 Å². The van der Waals surface area contributed by atoms with Crippen LogP contribution in [0.25, 0.3) is 0 Å². The number of benzene rings is 1. The minimum absolute atomic E-state index is 0.0282. The van der Waals surface area contributed by atoms with Crippen molar-refractivity contribution < 1.29 is 18.8 Å². The fourth-order valence-corrected chi connectivity index (χ4v) is 7.45. The molecule has 36 heavy (non-hydrogen) atoms. The summed E-state index contributed by atoms with van der Waals surface area (Å²) in [4.78, 5) is 17.5. The molecule has 10 heteroatoms. The normalized spacial score (nSPS) is 32.6. The molecule has 1 amide bonds. The number of rotatable bonds is 6. The van der Waals surface area contributed by atoms with Crippen molar-refractivity contribution in [1.82, 2.24) is 15.8 Å². The molecular weight excluding hydrogens is 477 g/mol. The second-order valence-electron chi connectivity index (χ2n) is 11.0. The Balaban J connectivity index is 1.15. The number of anilines is 2. The average molecular weight is 512 g/mol. The van der Waals surface area contributed by atoms with E-state index >= 15 is 0 Å². The van der Waals surface area contributed by atoms with Crippen molar-refractivity contribution in [2.24, 2.45) is 17.8 Å². The van der Waals surface area contributed by atoms with Crippen LogP contribution in [0, 0.1) is 17.8 Å². The fourth-order valence-electron chi connectivity index (χ4n) is 6.68. The Labute approximate surface area is 211 Å². The van der Waals surface area contributed by atoms with Gasteiger partial charge in [-0.2, -0.15) is 0 Å². The third kappa shape index (κ3) is 3.71. The summed E-state index contributed by atoms with van der Waals surface area (Å²) >= 11 is 0. The number of pyridine rings is 1. The highest BCUT2D eigenvalue weighted by Crippen LogP contribution is 2.65. The zero-order valence-electron chi connectivity index (χ0n) is 21.1. The van der Waals surface area contributed by atoms with Gasteiger partial charge in [0.2, 0.25) is 5.91 Å². The van der Waals surface area contributed by atoms with Gasteiger partial charge in [0.15, 0.2) is 0 Å². The van der Waals surface area contributed by atoms with E-state index in [0.717, 1.165) is 48.4 Å². The fraction of sp³-hybridized carbons (Fsp3) is 0.538. The quantitative estimate of drug-likeness (QED) is 0.438. The highest BCUT2D eigenvalue weighted by Gasteiger charge is 2.67. The first kappa shape index (κ1) is 23.8. The summed E-state index contributed by atoms with van der Waals surface area (Å²) in [6.07, 6.45) is 5.82. The van der Waals surface area contributed by atoms with Gasteiger partial charge in [-0.3, -0.25) is 15.2 Å².